The van der Waals surface area contributed by atoms with Crippen molar-refractivity contribution in [3.63, 3.8) is 0 Å². The largest absolute Gasteiger partial charge is 0.479 e. The zero-order valence-corrected chi connectivity index (χ0v) is 11.6. The molecule has 0 radical (unpaired) electrons. The molecule has 0 saturated carbocycles. The smallest absolute Gasteiger partial charge is 0.411 e. The van der Waals surface area contributed by atoms with Crippen LogP contribution in [0.3, 0.4) is 0 Å². The van der Waals surface area contributed by atoms with Crippen molar-refractivity contribution in [3.8, 4) is 0 Å². The number of carbonyl (C=O) groups excluding carboxylic acids is 1. The van der Waals surface area contributed by atoms with E-state index in [0.717, 1.165) is 5.57 Å². The highest BCUT2D eigenvalue weighted by Gasteiger charge is 2.36. The third-order valence-electron chi connectivity index (χ3n) is 2.68. The molecule has 1 N–H and O–H groups in total. The van der Waals surface area contributed by atoms with Gasteiger partial charge in [-0.25, -0.2) is 9.59 Å². The number of ether oxygens (including phenoxy) is 1. The Morgan fingerprint density at radius 2 is 2.00 bits per heavy atom. The summed E-state index contributed by atoms with van der Waals surface area (Å²) in [5, 5.41) is 9.14. The van der Waals surface area contributed by atoms with Crippen LogP contribution in [0.5, 0.6) is 0 Å². The van der Waals surface area contributed by atoms with Crippen LogP contribution in [-0.2, 0) is 9.53 Å². The standard InChI is InChI=1S/C13H21NO4/c1-8(2)9-6-10(11(15)16)14(7-9)12(17)18-13(3,4)5/h6,8,10H,7H2,1-5H3,(H,15,16). The molecule has 5 heteroatoms. The third kappa shape index (κ3) is 3.48. The van der Waals surface area contributed by atoms with Gasteiger partial charge in [-0.3, -0.25) is 4.90 Å². The van der Waals surface area contributed by atoms with Crippen molar-refractivity contribution in [2.75, 3.05) is 6.54 Å². The second-order valence-corrected chi connectivity index (χ2v) is 5.79. The fourth-order valence-corrected chi connectivity index (χ4v) is 1.72. The minimum atomic E-state index is -1.03. The first-order valence-corrected chi connectivity index (χ1v) is 6.05. The molecule has 0 fully saturated rings. The topological polar surface area (TPSA) is 66.8 Å². The molecule has 0 aromatic carbocycles. The highest BCUT2D eigenvalue weighted by Crippen LogP contribution is 2.24. The van der Waals surface area contributed by atoms with E-state index in [1.54, 1.807) is 26.8 Å². The summed E-state index contributed by atoms with van der Waals surface area (Å²) >= 11 is 0. The molecule has 1 aliphatic rings. The van der Waals surface area contributed by atoms with Gasteiger partial charge in [0.05, 0.1) is 0 Å². The highest BCUT2D eigenvalue weighted by atomic mass is 16.6. The van der Waals surface area contributed by atoms with Crippen LogP contribution in [0.2, 0.25) is 0 Å². The summed E-state index contributed by atoms with van der Waals surface area (Å²) in [6.07, 6.45) is 1.05. The van der Waals surface area contributed by atoms with Gasteiger partial charge in [0, 0.05) is 6.54 Å². The van der Waals surface area contributed by atoms with E-state index in [-0.39, 0.29) is 5.92 Å². The molecular formula is C13H21NO4. The lowest BCUT2D eigenvalue weighted by Crippen LogP contribution is -2.43. The SMILES string of the molecule is CC(C)C1=CC(C(=O)O)N(C(=O)OC(C)(C)C)C1. The van der Waals surface area contributed by atoms with Crippen molar-refractivity contribution in [1.29, 1.82) is 0 Å². The Morgan fingerprint density at radius 1 is 1.44 bits per heavy atom. The van der Waals surface area contributed by atoms with Gasteiger partial charge in [0.25, 0.3) is 0 Å². The number of carbonyl (C=O) groups is 2. The van der Waals surface area contributed by atoms with Crippen LogP contribution in [0.25, 0.3) is 0 Å². The van der Waals surface area contributed by atoms with Crippen molar-refractivity contribution in [3.05, 3.63) is 11.6 Å². The monoisotopic (exact) mass is 255 g/mol. The maximum Gasteiger partial charge on any atom is 0.411 e. The average Bonchev–Trinajstić information content (AvgIpc) is 2.58. The zero-order chi connectivity index (χ0) is 14.1. The summed E-state index contributed by atoms with van der Waals surface area (Å²) in [6, 6.07) is -0.919. The van der Waals surface area contributed by atoms with Gasteiger partial charge in [-0.1, -0.05) is 13.8 Å². The van der Waals surface area contributed by atoms with Gasteiger partial charge >= 0.3 is 12.1 Å². The molecule has 1 unspecified atom stereocenters. The average molecular weight is 255 g/mol. The van der Waals surface area contributed by atoms with Gasteiger partial charge in [0.1, 0.15) is 5.60 Å². The van der Waals surface area contributed by atoms with E-state index in [4.69, 9.17) is 9.84 Å². The number of aliphatic carboxylic acids is 1. The van der Waals surface area contributed by atoms with Crippen LogP contribution < -0.4 is 0 Å². The van der Waals surface area contributed by atoms with E-state index in [0.29, 0.717) is 6.54 Å². The van der Waals surface area contributed by atoms with Crippen LogP contribution in [0.4, 0.5) is 4.79 Å². The van der Waals surface area contributed by atoms with Crippen LogP contribution in [0.1, 0.15) is 34.6 Å². The molecule has 18 heavy (non-hydrogen) atoms. The quantitative estimate of drug-likeness (QED) is 0.769. The van der Waals surface area contributed by atoms with Gasteiger partial charge in [-0.15, -0.1) is 0 Å². The number of carboxylic acids is 1. The molecule has 1 atom stereocenters. The fourth-order valence-electron chi connectivity index (χ4n) is 1.72. The minimum Gasteiger partial charge on any atom is -0.479 e. The molecule has 1 amide bonds. The number of hydrogen-bond donors (Lipinski definition) is 1. The Morgan fingerprint density at radius 3 is 2.39 bits per heavy atom. The van der Waals surface area contributed by atoms with Crippen molar-refractivity contribution in [1.82, 2.24) is 4.90 Å². The fraction of sp³-hybridized carbons (Fsp3) is 0.692. The minimum absolute atomic E-state index is 0.222. The van der Waals surface area contributed by atoms with E-state index in [2.05, 4.69) is 0 Å². The number of hydrogen-bond acceptors (Lipinski definition) is 3. The maximum absolute atomic E-state index is 12.0. The molecule has 0 bridgehead atoms. The van der Waals surface area contributed by atoms with E-state index in [1.807, 2.05) is 13.8 Å². The summed E-state index contributed by atoms with van der Waals surface area (Å²) in [5.41, 5.74) is 0.328. The summed E-state index contributed by atoms with van der Waals surface area (Å²) in [7, 11) is 0. The zero-order valence-electron chi connectivity index (χ0n) is 11.6. The van der Waals surface area contributed by atoms with Crippen molar-refractivity contribution in [2.24, 2.45) is 5.92 Å². The van der Waals surface area contributed by atoms with E-state index in [1.165, 1.54) is 4.90 Å². The first-order valence-electron chi connectivity index (χ1n) is 6.05. The van der Waals surface area contributed by atoms with Crippen LogP contribution in [0.15, 0.2) is 11.6 Å². The molecule has 0 aromatic heterocycles. The molecule has 0 spiro atoms. The Kier molecular flexibility index (Phi) is 4.04. The summed E-state index contributed by atoms with van der Waals surface area (Å²) in [5.74, 6) is -0.809. The molecule has 1 rings (SSSR count). The number of rotatable bonds is 2. The van der Waals surface area contributed by atoms with E-state index in [9.17, 15) is 9.59 Å². The predicted octanol–water partition coefficient (Wildman–Crippen LogP) is 2.27. The molecule has 102 valence electrons. The summed E-state index contributed by atoms with van der Waals surface area (Å²) in [6.45, 7) is 9.55. The van der Waals surface area contributed by atoms with Gasteiger partial charge in [-0.2, -0.15) is 0 Å². The first kappa shape index (κ1) is 14.5. The number of amides is 1. The summed E-state index contributed by atoms with van der Waals surface area (Å²) in [4.78, 5) is 24.4. The van der Waals surface area contributed by atoms with Crippen LogP contribution in [0, 0.1) is 5.92 Å². The van der Waals surface area contributed by atoms with E-state index < -0.39 is 23.7 Å². The van der Waals surface area contributed by atoms with Crippen molar-refractivity contribution in [2.45, 2.75) is 46.3 Å². The normalized spacial score (nSPS) is 20.0. The van der Waals surface area contributed by atoms with Crippen LogP contribution in [-0.4, -0.2) is 40.3 Å². The van der Waals surface area contributed by atoms with E-state index >= 15 is 0 Å². The summed E-state index contributed by atoms with van der Waals surface area (Å²) < 4.78 is 5.22. The molecule has 0 aromatic rings. The second-order valence-electron chi connectivity index (χ2n) is 5.79. The second kappa shape index (κ2) is 5.00. The maximum atomic E-state index is 12.0. The van der Waals surface area contributed by atoms with Crippen LogP contribution >= 0.6 is 0 Å². The van der Waals surface area contributed by atoms with Crippen molar-refractivity contribution < 1.29 is 19.4 Å². The Balaban J connectivity index is 2.84. The lowest BCUT2D eigenvalue weighted by Gasteiger charge is -2.27. The number of nitrogens with zero attached hydrogens (tertiary/aromatic N) is 1. The lowest BCUT2D eigenvalue weighted by atomic mass is 10.0. The van der Waals surface area contributed by atoms with Gasteiger partial charge in [0.15, 0.2) is 6.04 Å². The van der Waals surface area contributed by atoms with Gasteiger partial charge in [0.2, 0.25) is 0 Å². The van der Waals surface area contributed by atoms with Gasteiger partial charge in [-0.05, 0) is 38.3 Å². The highest BCUT2D eigenvalue weighted by molar-refractivity contribution is 5.83. The molecule has 1 aliphatic heterocycles. The Labute approximate surface area is 107 Å². The lowest BCUT2D eigenvalue weighted by molar-refractivity contribution is -0.140. The third-order valence-corrected chi connectivity index (χ3v) is 2.68. The van der Waals surface area contributed by atoms with Crippen molar-refractivity contribution >= 4 is 12.1 Å². The molecule has 1 heterocycles. The molecular weight excluding hydrogens is 234 g/mol. The molecule has 0 aliphatic carbocycles. The Hall–Kier alpha value is -1.52. The molecule has 0 saturated heterocycles. The van der Waals surface area contributed by atoms with Gasteiger partial charge < -0.3 is 9.84 Å². The first-order chi connectivity index (χ1) is 8.11. The number of carboxylic acid groups (broad SMARTS) is 1. The molecule has 5 nitrogen and oxygen atoms in total. The predicted molar refractivity (Wildman–Crippen MR) is 67.3 cm³/mol. The Bertz CT molecular complexity index is 379.